The van der Waals surface area contributed by atoms with Crippen molar-refractivity contribution in [2.75, 3.05) is 0 Å². The van der Waals surface area contributed by atoms with Crippen LogP contribution >= 0.6 is 15.9 Å². The third-order valence-electron chi connectivity index (χ3n) is 3.55. The SMILES string of the molecule is O=C(O)Cn1c(=O)c(Cc2ccc(Br)cc2)nc2cc(F)ccc21. The van der Waals surface area contributed by atoms with E-state index in [2.05, 4.69) is 20.9 Å². The van der Waals surface area contributed by atoms with Crippen molar-refractivity contribution >= 4 is 32.9 Å². The summed E-state index contributed by atoms with van der Waals surface area (Å²) in [5.74, 6) is -1.64. The van der Waals surface area contributed by atoms with Gasteiger partial charge >= 0.3 is 5.97 Å². The van der Waals surface area contributed by atoms with E-state index in [1.807, 2.05) is 24.3 Å². The maximum atomic E-state index is 13.5. The molecule has 0 saturated carbocycles. The molecule has 0 aliphatic heterocycles. The van der Waals surface area contributed by atoms with Crippen molar-refractivity contribution in [2.45, 2.75) is 13.0 Å². The smallest absolute Gasteiger partial charge is 0.323 e. The normalized spacial score (nSPS) is 10.9. The van der Waals surface area contributed by atoms with Crippen LogP contribution in [-0.4, -0.2) is 20.6 Å². The zero-order chi connectivity index (χ0) is 17.3. The van der Waals surface area contributed by atoms with Gasteiger partial charge in [-0.3, -0.25) is 14.2 Å². The summed E-state index contributed by atoms with van der Waals surface area (Å²) in [6.07, 6.45) is 0.234. The van der Waals surface area contributed by atoms with Crippen LogP contribution in [0.25, 0.3) is 11.0 Å². The van der Waals surface area contributed by atoms with Crippen LogP contribution in [0, 0.1) is 5.82 Å². The van der Waals surface area contributed by atoms with Crippen molar-refractivity contribution in [3.8, 4) is 0 Å². The fourth-order valence-corrected chi connectivity index (χ4v) is 2.74. The van der Waals surface area contributed by atoms with Gasteiger partial charge in [0.1, 0.15) is 18.1 Å². The number of benzene rings is 2. The molecule has 0 atom stereocenters. The predicted molar refractivity (Wildman–Crippen MR) is 90.5 cm³/mol. The number of aromatic nitrogens is 2. The first-order valence-corrected chi connectivity index (χ1v) is 7.88. The largest absolute Gasteiger partial charge is 0.480 e. The molecule has 0 radical (unpaired) electrons. The molecule has 1 N–H and O–H groups in total. The Bertz CT molecular complexity index is 984. The van der Waals surface area contributed by atoms with Gasteiger partial charge in [-0.15, -0.1) is 0 Å². The highest BCUT2D eigenvalue weighted by molar-refractivity contribution is 9.10. The molecule has 0 bridgehead atoms. The van der Waals surface area contributed by atoms with Crippen molar-refractivity contribution in [1.82, 2.24) is 9.55 Å². The Labute approximate surface area is 144 Å². The van der Waals surface area contributed by atoms with Crippen molar-refractivity contribution in [2.24, 2.45) is 0 Å². The number of halogens is 2. The molecule has 7 heteroatoms. The van der Waals surface area contributed by atoms with Gasteiger partial charge in [0.2, 0.25) is 0 Å². The zero-order valence-corrected chi connectivity index (χ0v) is 14.0. The lowest BCUT2D eigenvalue weighted by atomic mass is 10.1. The molecule has 3 aromatic rings. The summed E-state index contributed by atoms with van der Waals surface area (Å²) in [4.78, 5) is 27.9. The van der Waals surface area contributed by atoms with Gasteiger partial charge in [0.05, 0.1) is 11.0 Å². The molecule has 1 heterocycles. The lowest BCUT2D eigenvalue weighted by Crippen LogP contribution is -2.28. The summed E-state index contributed by atoms with van der Waals surface area (Å²) < 4.78 is 15.5. The second-order valence-electron chi connectivity index (χ2n) is 5.28. The second kappa shape index (κ2) is 6.52. The fraction of sp³-hybridized carbons (Fsp3) is 0.118. The van der Waals surface area contributed by atoms with Gasteiger partial charge < -0.3 is 5.11 Å². The highest BCUT2D eigenvalue weighted by atomic mass is 79.9. The Morgan fingerprint density at radius 1 is 1.21 bits per heavy atom. The van der Waals surface area contributed by atoms with Crippen molar-refractivity contribution in [1.29, 1.82) is 0 Å². The van der Waals surface area contributed by atoms with Crippen LogP contribution in [0.4, 0.5) is 4.39 Å². The monoisotopic (exact) mass is 390 g/mol. The molecule has 24 heavy (non-hydrogen) atoms. The summed E-state index contributed by atoms with van der Waals surface area (Å²) >= 11 is 3.34. The summed E-state index contributed by atoms with van der Waals surface area (Å²) in [6, 6.07) is 11.1. The number of carboxylic acid groups (broad SMARTS) is 1. The summed E-state index contributed by atoms with van der Waals surface area (Å²) in [5.41, 5.74) is 1.09. The number of hydrogen-bond acceptors (Lipinski definition) is 3. The van der Waals surface area contributed by atoms with Crippen LogP contribution in [0.1, 0.15) is 11.3 Å². The number of carbonyl (C=O) groups is 1. The molecule has 0 aliphatic carbocycles. The molecular formula is C17H12BrFN2O3. The molecule has 1 aromatic heterocycles. The average Bonchev–Trinajstić information content (AvgIpc) is 2.53. The number of nitrogens with zero attached hydrogens (tertiary/aromatic N) is 2. The summed E-state index contributed by atoms with van der Waals surface area (Å²) in [7, 11) is 0. The Morgan fingerprint density at radius 2 is 1.92 bits per heavy atom. The fourth-order valence-electron chi connectivity index (χ4n) is 2.48. The van der Waals surface area contributed by atoms with Crippen molar-refractivity contribution < 1.29 is 14.3 Å². The van der Waals surface area contributed by atoms with Crippen LogP contribution < -0.4 is 5.56 Å². The second-order valence-corrected chi connectivity index (χ2v) is 6.20. The molecule has 0 aliphatic rings. The first kappa shape index (κ1) is 16.3. The van der Waals surface area contributed by atoms with E-state index < -0.39 is 23.9 Å². The summed E-state index contributed by atoms with van der Waals surface area (Å²) in [5, 5.41) is 9.06. The number of carboxylic acids is 1. The van der Waals surface area contributed by atoms with Gasteiger partial charge in [0.15, 0.2) is 0 Å². The van der Waals surface area contributed by atoms with E-state index in [9.17, 15) is 14.0 Å². The van der Waals surface area contributed by atoms with Crippen LogP contribution in [0.3, 0.4) is 0 Å². The predicted octanol–water partition coefficient (Wildman–Crippen LogP) is 2.97. The number of rotatable bonds is 4. The Morgan fingerprint density at radius 3 is 2.58 bits per heavy atom. The Kier molecular flexibility index (Phi) is 4.44. The van der Waals surface area contributed by atoms with E-state index in [1.54, 1.807) is 0 Å². The standard InChI is InChI=1S/C17H12BrFN2O3/c18-11-3-1-10(2-4-11)7-14-17(24)21(9-16(22)23)15-6-5-12(19)8-13(15)20-14/h1-6,8H,7,9H2,(H,22,23). The minimum atomic E-state index is -1.15. The minimum absolute atomic E-state index is 0.177. The highest BCUT2D eigenvalue weighted by Crippen LogP contribution is 2.16. The number of aliphatic carboxylic acids is 1. The quantitative estimate of drug-likeness (QED) is 0.743. The van der Waals surface area contributed by atoms with Gasteiger partial charge in [0.25, 0.3) is 5.56 Å². The first-order valence-electron chi connectivity index (χ1n) is 7.09. The molecule has 0 fully saturated rings. The van der Waals surface area contributed by atoms with Crippen LogP contribution in [-0.2, 0) is 17.8 Å². The molecule has 0 amide bonds. The molecule has 0 spiro atoms. The third kappa shape index (κ3) is 3.35. The van der Waals surface area contributed by atoms with Crippen LogP contribution in [0.15, 0.2) is 51.7 Å². The van der Waals surface area contributed by atoms with Gasteiger partial charge in [0, 0.05) is 17.0 Å². The molecule has 0 saturated heterocycles. The molecule has 5 nitrogen and oxygen atoms in total. The molecular weight excluding hydrogens is 379 g/mol. The third-order valence-corrected chi connectivity index (χ3v) is 4.08. The van der Waals surface area contributed by atoms with E-state index in [4.69, 9.17) is 5.11 Å². The minimum Gasteiger partial charge on any atom is -0.480 e. The highest BCUT2D eigenvalue weighted by Gasteiger charge is 2.14. The molecule has 0 unspecified atom stereocenters. The van der Waals surface area contributed by atoms with E-state index >= 15 is 0 Å². The maximum absolute atomic E-state index is 13.5. The maximum Gasteiger partial charge on any atom is 0.323 e. The van der Waals surface area contributed by atoms with E-state index in [-0.39, 0.29) is 17.6 Å². The van der Waals surface area contributed by atoms with Crippen molar-refractivity contribution in [3.63, 3.8) is 0 Å². The van der Waals surface area contributed by atoms with Crippen molar-refractivity contribution in [3.05, 3.63) is 74.4 Å². The number of fused-ring (bicyclic) bond motifs is 1. The Balaban J connectivity index is 2.16. The van der Waals surface area contributed by atoms with Gasteiger partial charge in [-0.05, 0) is 29.8 Å². The van der Waals surface area contributed by atoms with Gasteiger partial charge in [-0.25, -0.2) is 9.37 Å². The molecule has 2 aromatic carbocycles. The first-order chi connectivity index (χ1) is 11.4. The van der Waals surface area contributed by atoms with Crippen LogP contribution in [0.5, 0.6) is 0 Å². The van der Waals surface area contributed by atoms with Gasteiger partial charge in [-0.2, -0.15) is 0 Å². The Hall–Kier alpha value is -2.54. The van der Waals surface area contributed by atoms with E-state index in [1.165, 1.54) is 18.2 Å². The lowest BCUT2D eigenvalue weighted by Gasteiger charge is -2.10. The topological polar surface area (TPSA) is 72.2 Å². The summed E-state index contributed by atoms with van der Waals surface area (Å²) in [6.45, 7) is -0.503. The van der Waals surface area contributed by atoms with Crippen LogP contribution in [0.2, 0.25) is 0 Å². The zero-order valence-electron chi connectivity index (χ0n) is 12.4. The molecule has 122 valence electrons. The van der Waals surface area contributed by atoms with E-state index in [0.29, 0.717) is 5.52 Å². The molecule has 3 rings (SSSR count). The lowest BCUT2D eigenvalue weighted by molar-refractivity contribution is -0.137. The number of hydrogen-bond donors (Lipinski definition) is 1. The van der Waals surface area contributed by atoms with E-state index in [0.717, 1.165) is 14.6 Å². The average molecular weight is 391 g/mol. The van der Waals surface area contributed by atoms with Gasteiger partial charge in [-0.1, -0.05) is 28.1 Å².